The van der Waals surface area contributed by atoms with Crippen molar-refractivity contribution in [3.63, 3.8) is 0 Å². The van der Waals surface area contributed by atoms with E-state index in [0.717, 1.165) is 0 Å². The van der Waals surface area contributed by atoms with Crippen LogP contribution in [0.4, 0.5) is 0 Å². The Morgan fingerprint density at radius 1 is 0.815 bits per heavy atom. The van der Waals surface area contributed by atoms with E-state index in [0.29, 0.717) is 0 Å². The Morgan fingerprint density at radius 3 is 1.70 bits per heavy atom. The molecule has 0 aliphatic rings. The molecule has 0 unspecified atom stereocenters. The van der Waals surface area contributed by atoms with Gasteiger partial charge in [0.1, 0.15) is 0 Å². The van der Waals surface area contributed by atoms with E-state index in [-0.39, 0.29) is 45.3 Å². The molecule has 4 radical (unpaired) electrons. The number of benzene rings is 1. The van der Waals surface area contributed by atoms with Crippen molar-refractivity contribution in [1.82, 2.24) is 0 Å². The van der Waals surface area contributed by atoms with Gasteiger partial charge < -0.3 is 24.8 Å². The van der Waals surface area contributed by atoms with Gasteiger partial charge in [0.15, 0.2) is 0 Å². The summed E-state index contributed by atoms with van der Waals surface area (Å²) in [5.41, 5.74) is 11.4. The first-order valence-corrected chi connectivity index (χ1v) is 16.9. The fraction of sp³-hybridized carbons (Fsp3) is 0.364. The molecule has 27 heavy (non-hydrogen) atoms. The fourth-order valence-corrected chi connectivity index (χ4v) is 3.13. The van der Waals surface area contributed by atoms with E-state index in [9.17, 15) is 0 Å². The molecule has 0 aliphatic heterocycles. The van der Waals surface area contributed by atoms with Crippen LogP contribution < -0.4 is 24.8 Å². The molecule has 0 amide bonds. The molecule has 0 saturated carbocycles. The summed E-state index contributed by atoms with van der Waals surface area (Å²) in [6.07, 6.45) is 0. The number of aryl methyl sites for hydroxylation is 6. The van der Waals surface area contributed by atoms with Gasteiger partial charge in [-0.2, -0.15) is 33.9 Å². The van der Waals surface area contributed by atoms with E-state index in [4.69, 9.17) is 0 Å². The van der Waals surface area contributed by atoms with Crippen molar-refractivity contribution >= 4 is 24.5 Å². The van der Waals surface area contributed by atoms with Crippen molar-refractivity contribution in [1.29, 1.82) is 0 Å². The van der Waals surface area contributed by atoms with Crippen LogP contribution in [0.3, 0.4) is 0 Å². The Balaban J connectivity index is 0. The monoisotopic (exact) mass is 508 g/mol. The third kappa shape index (κ3) is 7.44. The van der Waals surface area contributed by atoms with Gasteiger partial charge in [0.25, 0.3) is 0 Å². The summed E-state index contributed by atoms with van der Waals surface area (Å²) in [5.74, 6) is 0. The van der Waals surface area contributed by atoms with E-state index in [1.165, 1.54) is 55.3 Å². The topological polar surface area (TPSA) is 0 Å². The van der Waals surface area contributed by atoms with Crippen molar-refractivity contribution in [2.75, 3.05) is 0 Å². The quantitative estimate of drug-likeness (QED) is 0.287. The molecule has 0 aliphatic carbocycles. The standard InChI is InChI=1S/C13H15.C9H13.2ClH.2Si.Zr/c1-8-5-6-12-7-9(2)11(4)13(12)10(8)3;1-6-5-7(2)9(4)8(6)3;;;;;/h5-7H,1-4H3;5H,1-4H3;2*1H;;;/q2*-1;;;;;/p-2. The third-order valence-electron chi connectivity index (χ3n) is 5.29. The van der Waals surface area contributed by atoms with Crippen LogP contribution >= 0.6 is 0 Å². The summed E-state index contributed by atoms with van der Waals surface area (Å²) >= 11 is -0.159. The Morgan fingerprint density at radius 2 is 1.33 bits per heavy atom. The van der Waals surface area contributed by atoms with Gasteiger partial charge in [-0.3, -0.25) is 0 Å². The number of fused-ring (bicyclic) bond motifs is 1. The third-order valence-corrected chi connectivity index (χ3v) is 5.29. The van der Waals surface area contributed by atoms with Crippen molar-refractivity contribution in [3.8, 4) is 0 Å². The van der Waals surface area contributed by atoms with E-state index in [1.807, 2.05) is 0 Å². The van der Waals surface area contributed by atoms with Gasteiger partial charge in [0.2, 0.25) is 0 Å². The van der Waals surface area contributed by atoms with Gasteiger partial charge in [-0.25, -0.2) is 0 Å². The second kappa shape index (κ2) is 13.3. The van der Waals surface area contributed by atoms with Crippen LogP contribution in [0, 0.1) is 55.4 Å². The first kappa shape index (κ1) is 29.3. The maximum atomic E-state index is 3.27. The first-order valence-electron chi connectivity index (χ1n) is 8.57. The molecule has 0 atom stereocenters. The van der Waals surface area contributed by atoms with Crippen molar-refractivity contribution in [3.05, 3.63) is 68.8 Å². The van der Waals surface area contributed by atoms with E-state index < -0.39 is 0 Å². The van der Waals surface area contributed by atoms with Gasteiger partial charge in [-0.05, 0) is 13.8 Å². The molecular formula is C22H28Cl2Si2Zr-4. The first-order chi connectivity index (χ1) is 11.6. The Kier molecular flexibility index (Phi) is 14.5. The summed E-state index contributed by atoms with van der Waals surface area (Å²) in [7, 11) is 0. The molecule has 3 rings (SSSR count). The average Bonchev–Trinajstić information content (AvgIpc) is 2.96. The molecule has 0 bridgehead atoms. The molecular weight excluding hydrogens is 483 g/mol. The van der Waals surface area contributed by atoms with Gasteiger partial charge in [-0.1, -0.05) is 52.7 Å². The Labute approximate surface area is 192 Å². The number of halogens is 2. The van der Waals surface area contributed by atoms with Crippen LogP contribution in [0.25, 0.3) is 10.8 Å². The molecule has 0 heterocycles. The van der Waals surface area contributed by atoms with Gasteiger partial charge in [-0.15, -0.1) is 34.5 Å². The normalized spacial score (nSPS) is 9.04. The number of hydrogen-bond donors (Lipinski definition) is 0. The van der Waals surface area contributed by atoms with Crippen LogP contribution in [0.5, 0.6) is 0 Å². The zero-order chi connectivity index (χ0) is 19.3. The number of rotatable bonds is 0. The minimum atomic E-state index is -0.159. The second-order valence-electron chi connectivity index (χ2n) is 6.81. The predicted molar refractivity (Wildman–Crippen MR) is 111 cm³/mol. The van der Waals surface area contributed by atoms with Crippen LogP contribution in [-0.4, -0.2) is 13.8 Å². The average molecular weight is 511 g/mol. The van der Waals surface area contributed by atoms with Crippen molar-refractivity contribution in [2.45, 2.75) is 55.4 Å². The van der Waals surface area contributed by atoms with Crippen LogP contribution in [0.15, 0.2) is 24.3 Å². The van der Waals surface area contributed by atoms with E-state index in [1.54, 1.807) is 0 Å². The molecule has 0 nitrogen and oxygen atoms in total. The van der Waals surface area contributed by atoms with Gasteiger partial charge in [0, 0.05) is 0 Å². The summed E-state index contributed by atoms with van der Waals surface area (Å²) in [6.45, 7) is 24.0. The van der Waals surface area contributed by atoms with Crippen LogP contribution in [0.2, 0.25) is 0 Å². The predicted octanol–water partition coefficient (Wildman–Crippen LogP) is -0.325. The van der Waals surface area contributed by atoms with Crippen molar-refractivity contribution < 1.29 is 45.3 Å². The molecule has 0 N–H and O–H groups in total. The van der Waals surface area contributed by atoms with E-state index in [2.05, 4.69) is 93.4 Å². The maximum absolute atomic E-state index is 3.27. The zero-order valence-electron chi connectivity index (χ0n) is 17.6. The minimum absolute atomic E-state index is 0. The fourth-order valence-electron chi connectivity index (χ4n) is 3.13. The number of hydrogen-bond acceptors (Lipinski definition) is 0. The van der Waals surface area contributed by atoms with Crippen LogP contribution in [0.1, 0.15) is 44.5 Å². The molecule has 3 aromatic rings. The molecule has 0 spiro atoms. The SMILES string of the molecule is Cc1c[c-](C)c(C)c1C.Cc1ccc2[cH-]c(C)c(C)c2c1C.[Cl-].[Cl-].[Si]=[Zr]=[Si]. The summed E-state index contributed by atoms with van der Waals surface area (Å²) in [5, 5.41) is 2.84. The second-order valence-corrected chi connectivity index (χ2v) is 13.3. The summed E-state index contributed by atoms with van der Waals surface area (Å²) in [6, 6.07) is 8.94. The Hall–Kier alpha value is 0.0769. The molecule has 146 valence electrons. The van der Waals surface area contributed by atoms with Crippen molar-refractivity contribution in [2.24, 2.45) is 0 Å². The molecule has 5 heteroatoms. The molecule has 0 saturated heterocycles. The summed E-state index contributed by atoms with van der Waals surface area (Å²) in [4.78, 5) is 0. The molecule has 0 aromatic heterocycles. The summed E-state index contributed by atoms with van der Waals surface area (Å²) < 4.78 is 0. The molecule has 0 fully saturated rings. The Bertz CT molecular complexity index is 892. The molecule has 3 aromatic carbocycles. The van der Waals surface area contributed by atoms with Crippen LogP contribution in [-0.2, 0) is 20.5 Å². The van der Waals surface area contributed by atoms with Gasteiger partial charge >= 0.3 is 34.2 Å². The van der Waals surface area contributed by atoms with E-state index >= 15 is 0 Å². The zero-order valence-corrected chi connectivity index (χ0v) is 23.5. The van der Waals surface area contributed by atoms with Gasteiger partial charge in [0.05, 0.1) is 0 Å².